The van der Waals surface area contributed by atoms with Crippen LogP contribution in [0.1, 0.15) is 44.7 Å². The number of para-hydroxylation sites is 1. The summed E-state index contributed by atoms with van der Waals surface area (Å²) in [7, 11) is 0. The van der Waals surface area contributed by atoms with E-state index >= 15 is 0 Å². The number of ether oxygens (including phenoxy) is 2. The van der Waals surface area contributed by atoms with Crippen LogP contribution < -0.4 is 15.4 Å². The van der Waals surface area contributed by atoms with Crippen LogP contribution >= 0.6 is 15.9 Å². The number of likely N-dealkylation sites (tertiary alicyclic amines) is 1. The van der Waals surface area contributed by atoms with Crippen molar-refractivity contribution >= 4 is 45.0 Å². The number of hydrogen-bond donors (Lipinski definition) is 3. The minimum absolute atomic E-state index is 0.0854. The monoisotopic (exact) mass is 641 g/mol. The highest BCUT2D eigenvalue weighted by Gasteiger charge is 2.77. The van der Waals surface area contributed by atoms with Gasteiger partial charge in [0.2, 0.25) is 17.7 Å². The largest absolute Gasteiger partial charge is 0.494 e. The average molecular weight is 643 g/mol. The van der Waals surface area contributed by atoms with Crippen LogP contribution in [0.25, 0.3) is 0 Å². The summed E-state index contributed by atoms with van der Waals surface area (Å²) >= 11 is 3.72. The summed E-state index contributed by atoms with van der Waals surface area (Å²) in [6.45, 7) is 9.92. The third-order valence-electron chi connectivity index (χ3n) is 9.29. The first-order valence-corrected chi connectivity index (χ1v) is 15.6. The zero-order valence-corrected chi connectivity index (χ0v) is 26.3. The first-order valence-electron chi connectivity index (χ1n) is 14.7. The lowest BCUT2D eigenvalue weighted by Crippen LogP contribution is -2.57. The van der Waals surface area contributed by atoms with E-state index in [4.69, 9.17) is 9.47 Å². The van der Waals surface area contributed by atoms with Crippen LogP contribution in [0.4, 0.5) is 11.4 Å². The van der Waals surface area contributed by atoms with Crippen molar-refractivity contribution in [2.24, 2.45) is 17.8 Å². The lowest BCUT2D eigenvalue weighted by molar-refractivity contribution is -0.144. The fraction of sp³-hybridized carbons (Fsp3) is 0.531. The number of benzene rings is 2. The lowest BCUT2D eigenvalue weighted by Gasteiger charge is -2.39. The molecule has 3 saturated heterocycles. The van der Waals surface area contributed by atoms with Crippen LogP contribution in [0, 0.1) is 31.6 Å². The van der Waals surface area contributed by atoms with E-state index in [0.29, 0.717) is 36.6 Å². The molecule has 3 aliphatic heterocycles. The molecule has 3 unspecified atom stereocenters. The van der Waals surface area contributed by atoms with E-state index < -0.39 is 35.6 Å². The van der Waals surface area contributed by atoms with Gasteiger partial charge in [-0.05, 0) is 68.5 Å². The number of aliphatic hydroxyl groups excluding tert-OH is 1. The van der Waals surface area contributed by atoms with Crippen LogP contribution in [0.5, 0.6) is 5.75 Å². The molecule has 0 saturated carbocycles. The Kier molecular flexibility index (Phi) is 8.70. The molecule has 10 heteroatoms. The van der Waals surface area contributed by atoms with Crippen molar-refractivity contribution in [3.05, 3.63) is 53.6 Å². The Morgan fingerprint density at radius 2 is 1.79 bits per heavy atom. The van der Waals surface area contributed by atoms with E-state index in [1.807, 2.05) is 52.8 Å². The topological polar surface area (TPSA) is 117 Å². The first-order chi connectivity index (χ1) is 20.1. The van der Waals surface area contributed by atoms with Gasteiger partial charge in [0.1, 0.15) is 17.4 Å². The molecule has 3 heterocycles. The van der Waals surface area contributed by atoms with Crippen molar-refractivity contribution in [3.8, 4) is 5.75 Å². The summed E-state index contributed by atoms with van der Waals surface area (Å²) in [5.41, 5.74) is 1.84. The number of aliphatic hydroxyl groups is 1. The lowest BCUT2D eigenvalue weighted by atomic mass is 9.70. The first kappa shape index (κ1) is 30.5. The number of nitrogens with zero attached hydrogens (tertiary/aromatic N) is 1. The van der Waals surface area contributed by atoms with E-state index in [2.05, 4.69) is 26.6 Å². The van der Waals surface area contributed by atoms with E-state index in [1.54, 1.807) is 24.3 Å². The Hall–Kier alpha value is -2.95. The van der Waals surface area contributed by atoms with Gasteiger partial charge in [-0.1, -0.05) is 54.4 Å². The number of anilines is 2. The van der Waals surface area contributed by atoms with Crippen molar-refractivity contribution < 1.29 is 29.0 Å². The Bertz CT molecular complexity index is 1330. The molecule has 3 N–H and O–H groups in total. The van der Waals surface area contributed by atoms with Gasteiger partial charge in [0.15, 0.2) is 0 Å². The Morgan fingerprint density at radius 3 is 2.38 bits per heavy atom. The van der Waals surface area contributed by atoms with Gasteiger partial charge in [-0.3, -0.25) is 14.4 Å². The second kappa shape index (κ2) is 12.0. The number of alkyl halides is 1. The van der Waals surface area contributed by atoms with Gasteiger partial charge >= 0.3 is 0 Å². The fourth-order valence-electron chi connectivity index (χ4n) is 7.07. The van der Waals surface area contributed by atoms with E-state index in [-0.39, 0.29) is 35.1 Å². The standard InChI is InChI=1S/C32H40BrN3O6/c1-6-17(3)23(16-37)36-28(30(39)35-26-18(4)9-8-10-19(26)5)32-15-22(33)27(42-32)24(25(32)31(36)40)29(38)34-20-11-13-21(14-12-20)41-7-2/h8-14,17,22-25,27-28,37H,6-7,15-16H2,1-5H3,(H,34,38)(H,35,39)/t17-,22?,23-,24+,25-,27+,28?,32?/m0/s1. The number of carbonyl (C=O) groups is 3. The summed E-state index contributed by atoms with van der Waals surface area (Å²) in [5.74, 6) is -2.13. The van der Waals surface area contributed by atoms with Crippen LogP contribution in [-0.2, 0) is 19.1 Å². The predicted octanol–water partition coefficient (Wildman–Crippen LogP) is 4.43. The molecule has 1 spiro atoms. The highest BCUT2D eigenvalue weighted by molar-refractivity contribution is 9.09. The van der Waals surface area contributed by atoms with Gasteiger partial charge in [-0.25, -0.2) is 0 Å². The zero-order chi connectivity index (χ0) is 30.3. The molecule has 2 aromatic rings. The third-order valence-corrected chi connectivity index (χ3v) is 10.1. The number of fused-ring (bicyclic) bond motifs is 1. The van der Waals surface area contributed by atoms with Gasteiger partial charge in [0, 0.05) is 16.2 Å². The highest BCUT2D eigenvalue weighted by atomic mass is 79.9. The van der Waals surface area contributed by atoms with E-state index in [0.717, 1.165) is 11.1 Å². The number of nitrogens with one attached hydrogen (secondary N) is 2. The van der Waals surface area contributed by atoms with E-state index in [1.165, 1.54) is 4.90 Å². The number of halogens is 1. The minimum Gasteiger partial charge on any atom is -0.494 e. The van der Waals surface area contributed by atoms with Crippen molar-refractivity contribution in [2.45, 2.75) is 76.1 Å². The second-order valence-electron chi connectivity index (χ2n) is 11.7. The average Bonchev–Trinajstić information content (AvgIpc) is 3.56. The van der Waals surface area contributed by atoms with Crippen LogP contribution in [0.3, 0.4) is 0 Å². The Labute approximate surface area is 255 Å². The maximum atomic E-state index is 14.4. The molecule has 42 heavy (non-hydrogen) atoms. The quantitative estimate of drug-likeness (QED) is 0.330. The fourth-order valence-corrected chi connectivity index (χ4v) is 8.01. The molecule has 226 valence electrons. The van der Waals surface area contributed by atoms with Gasteiger partial charge in [0.05, 0.1) is 37.2 Å². The molecule has 9 nitrogen and oxygen atoms in total. The maximum absolute atomic E-state index is 14.4. The number of aryl methyl sites for hydroxylation is 2. The smallest absolute Gasteiger partial charge is 0.250 e. The van der Waals surface area contributed by atoms with Crippen LogP contribution in [0.15, 0.2) is 42.5 Å². The molecule has 2 aromatic carbocycles. The van der Waals surface area contributed by atoms with Gasteiger partial charge in [-0.2, -0.15) is 0 Å². The summed E-state index contributed by atoms with van der Waals surface area (Å²) in [5, 5.41) is 16.6. The van der Waals surface area contributed by atoms with Gasteiger partial charge in [0.25, 0.3) is 0 Å². The van der Waals surface area contributed by atoms with Crippen molar-refractivity contribution in [3.63, 3.8) is 0 Å². The van der Waals surface area contributed by atoms with Gasteiger partial charge < -0.3 is 30.1 Å². The molecule has 3 fully saturated rings. The summed E-state index contributed by atoms with van der Waals surface area (Å²) in [6.07, 6.45) is 0.501. The molecular weight excluding hydrogens is 602 g/mol. The molecular formula is C32H40BrN3O6. The maximum Gasteiger partial charge on any atom is 0.250 e. The Balaban J connectivity index is 1.53. The SMILES string of the molecule is CCOc1ccc(NC(=O)[C@H]2[C@@H]3OC4(CC3Br)C(C(=O)Nc3c(C)cccc3C)N([C@@H](CO)[C@@H](C)CC)C(=O)[C@H]24)cc1. The molecule has 3 aliphatic rings. The molecule has 5 rings (SSSR count). The number of carbonyl (C=O) groups excluding carboxylic acids is 3. The normalized spacial score (nSPS) is 29.3. The van der Waals surface area contributed by atoms with Crippen molar-refractivity contribution in [2.75, 3.05) is 23.8 Å². The molecule has 8 atom stereocenters. The summed E-state index contributed by atoms with van der Waals surface area (Å²) in [4.78, 5) is 43.9. The minimum atomic E-state index is -1.22. The van der Waals surface area contributed by atoms with Crippen LogP contribution in [-0.4, -0.2) is 69.6 Å². The van der Waals surface area contributed by atoms with Crippen molar-refractivity contribution in [1.29, 1.82) is 0 Å². The molecule has 3 amide bonds. The number of hydrogen-bond acceptors (Lipinski definition) is 6. The second-order valence-corrected chi connectivity index (χ2v) is 12.9. The van der Waals surface area contributed by atoms with Gasteiger partial charge in [-0.15, -0.1) is 0 Å². The molecule has 0 radical (unpaired) electrons. The summed E-state index contributed by atoms with van der Waals surface area (Å²) < 4.78 is 12.1. The Morgan fingerprint density at radius 1 is 1.12 bits per heavy atom. The summed E-state index contributed by atoms with van der Waals surface area (Å²) in [6, 6.07) is 11.2. The predicted molar refractivity (Wildman–Crippen MR) is 164 cm³/mol. The number of rotatable bonds is 10. The molecule has 0 aromatic heterocycles. The van der Waals surface area contributed by atoms with Crippen molar-refractivity contribution in [1.82, 2.24) is 4.90 Å². The van der Waals surface area contributed by atoms with Crippen LogP contribution in [0.2, 0.25) is 0 Å². The molecule has 0 aliphatic carbocycles. The highest BCUT2D eigenvalue weighted by Crippen LogP contribution is 2.60. The zero-order valence-electron chi connectivity index (χ0n) is 24.7. The van der Waals surface area contributed by atoms with E-state index in [9.17, 15) is 19.5 Å². The number of amides is 3. The third kappa shape index (κ3) is 5.01. The molecule has 2 bridgehead atoms.